The lowest BCUT2D eigenvalue weighted by molar-refractivity contribution is -0.134. The molecule has 0 saturated heterocycles. The maximum atomic E-state index is 11.0. The predicted molar refractivity (Wildman–Crippen MR) is 71.4 cm³/mol. The van der Waals surface area contributed by atoms with Crippen LogP contribution in [0, 0.1) is 0 Å². The second-order valence-electron chi connectivity index (χ2n) is 3.61. The maximum Gasteiger partial charge on any atom is 0.330 e. The van der Waals surface area contributed by atoms with Gasteiger partial charge in [0.2, 0.25) is 0 Å². The number of carbonyl (C=O) groups excluding carboxylic acids is 1. The van der Waals surface area contributed by atoms with Gasteiger partial charge in [0.05, 0.1) is 20.8 Å². The highest BCUT2D eigenvalue weighted by molar-refractivity contribution is 5.87. The van der Waals surface area contributed by atoms with Gasteiger partial charge < -0.3 is 18.9 Å². The van der Waals surface area contributed by atoms with Gasteiger partial charge in [-0.25, -0.2) is 4.79 Å². The largest absolute Gasteiger partial charge is 0.493 e. The molecule has 19 heavy (non-hydrogen) atoms. The topological polar surface area (TPSA) is 54.0 Å². The maximum absolute atomic E-state index is 11.0. The summed E-state index contributed by atoms with van der Waals surface area (Å²) in [7, 11) is 4.51. The van der Waals surface area contributed by atoms with E-state index >= 15 is 0 Å². The van der Waals surface area contributed by atoms with Gasteiger partial charge in [-0.1, -0.05) is 6.07 Å². The van der Waals surface area contributed by atoms with Crippen LogP contribution in [0.1, 0.15) is 5.56 Å². The fraction of sp³-hybridized carbons (Fsp3) is 0.357. The van der Waals surface area contributed by atoms with Crippen molar-refractivity contribution in [1.29, 1.82) is 0 Å². The van der Waals surface area contributed by atoms with E-state index in [1.54, 1.807) is 32.4 Å². The first-order valence-corrected chi connectivity index (χ1v) is 5.77. The number of esters is 1. The molecular weight excluding hydrogens is 248 g/mol. The average molecular weight is 266 g/mol. The van der Waals surface area contributed by atoms with Crippen molar-refractivity contribution in [2.24, 2.45) is 0 Å². The Morgan fingerprint density at radius 1 is 1.16 bits per heavy atom. The summed E-state index contributed by atoms with van der Waals surface area (Å²) in [4.78, 5) is 11.0. The van der Waals surface area contributed by atoms with Crippen molar-refractivity contribution < 1.29 is 23.7 Å². The van der Waals surface area contributed by atoms with Gasteiger partial charge in [0.15, 0.2) is 11.5 Å². The first kappa shape index (κ1) is 15.0. The van der Waals surface area contributed by atoms with Crippen molar-refractivity contribution in [3.8, 4) is 11.5 Å². The normalized spacial score (nSPS) is 10.5. The van der Waals surface area contributed by atoms with Gasteiger partial charge in [0.25, 0.3) is 0 Å². The van der Waals surface area contributed by atoms with Crippen molar-refractivity contribution in [2.75, 3.05) is 34.5 Å². The van der Waals surface area contributed by atoms with E-state index in [9.17, 15) is 4.79 Å². The predicted octanol–water partition coefficient (Wildman–Crippen LogP) is 1.91. The third-order valence-electron chi connectivity index (χ3n) is 2.35. The molecule has 5 nitrogen and oxygen atoms in total. The van der Waals surface area contributed by atoms with Crippen LogP contribution in [0.3, 0.4) is 0 Å². The summed E-state index contributed by atoms with van der Waals surface area (Å²) in [5, 5.41) is 0. The molecular formula is C14H18O5. The second kappa shape index (κ2) is 8.16. The van der Waals surface area contributed by atoms with E-state index < -0.39 is 5.97 Å². The van der Waals surface area contributed by atoms with Crippen LogP contribution >= 0.6 is 0 Å². The lowest BCUT2D eigenvalue weighted by atomic mass is 10.2. The minimum atomic E-state index is -0.403. The van der Waals surface area contributed by atoms with Crippen LogP contribution in [0.25, 0.3) is 6.08 Å². The fourth-order valence-corrected chi connectivity index (χ4v) is 1.37. The van der Waals surface area contributed by atoms with E-state index in [0.717, 1.165) is 5.56 Å². The monoisotopic (exact) mass is 266 g/mol. The molecule has 0 aliphatic heterocycles. The van der Waals surface area contributed by atoms with Gasteiger partial charge in [-0.3, -0.25) is 0 Å². The van der Waals surface area contributed by atoms with Gasteiger partial charge in [0, 0.05) is 13.2 Å². The molecule has 0 amide bonds. The Kier molecular flexibility index (Phi) is 6.46. The zero-order chi connectivity index (χ0) is 14.1. The van der Waals surface area contributed by atoms with Crippen LogP contribution in [0.4, 0.5) is 0 Å². The first-order valence-electron chi connectivity index (χ1n) is 5.77. The van der Waals surface area contributed by atoms with Crippen molar-refractivity contribution in [3.05, 3.63) is 29.8 Å². The van der Waals surface area contributed by atoms with Crippen LogP contribution in [0.5, 0.6) is 11.5 Å². The van der Waals surface area contributed by atoms with Crippen molar-refractivity contribution in [3.63, 3.8) is 0 Å². The first-order chi connectivity index (χ1) is 9.21. The number of rotatable bonds is 7. The molecule has 0 bridgehead atoms. The van der Waals surface area contributed by atoms with E-state index in [0.29, 0.717) is 24.7 Å². The van der Waals surface area contributed by atoms with E-state index in [2.05, 4.69) is 4.74 Å². The molecule has 0 heterocycles. The molecule has 0 aromatic heterocycles. The van der Waals surface area contributed by atoms with E-state index in [-0.39, 0.29) is 0 Å². The lowest BCUT2D eigenvalue weighted by Gasteiger charge is -2.10. The Labute approximate surface area is 112 Å². The molecule has 0 spiro atoms. The van der Waals surface area contributed by atoms with E-state index in [1.807, 2.05) is 6.07 Å². The summed E-state index contributed by atoms with van der Waals surface area (Å²) in [6, 6.07) is 5.39. The summed E-state index contributed by atoms with van der Waals surface area (Å²) in [5.74, 6) is 0.831. The quantitative estimate of drug-likeness (QED) is 0.428. The van der Waals surface area contributed by atoms with Gasteiger partial charge >= 0.3 is 5.97 Å². The zero-order valence-electron chi connectivity index (χ0n) is 11.3. The Hall–Kier alpha value is -2.01. The Morgan fingerprint density at radius 3 is 2.58 bits per heavy atom. The number of carbonyl (C=O) groups is 1. The molecule has 1 aromatic rings. The highest BCUT2D eigenvalue weighted by Crippen LogP contribution is 2.28. The molecule has 0 N–H and O–H groups in total. The molecule has 0 aliphatic rings. The highest BCUT2D eigenvalue weighted by Gasteiger charge is 2.04. The van der Waals surface area contributed by atoms with Crippen molar-refractivity contribution >= 4 is 12.0 Å². The van der Waals surface area contributed by atoms with Crippen LogP contribution in [0.2, 0.25) is 0 Å². The van der Waals surface area contributed by atoms with Crippen LogP contribution in [0.15, 0.2) is 24.3 Å². The van der Waals surface area contributed by atoms with Crippen molar-refractivity contribution in [2.45, 2.75) is 0 Å². The summed E-state index contributed by atoms with van der Waals surface area (Å²) in [6.45, 7) is 0.956. The highest BCUT2D eigenvalue weighted by atomic mass is 16.5. The van der Waals surface area contributed by atoms with Crippen molar-refractivity contribution in [1.82, 2.24) is 0 Å². The molecule has 0 atom stereocenters. The van der Waals surface area contributed by atoms with Crippen LogP contribution < -0.4 is 9.47 Å². The van der Waals surface area contributed by atoms with E-state index in [4.69, 9.17) is 14.2 Å². The molecule has 104 valence electrons. The number of ether oxygens (including phenoxy) is 4. The smallest absolute Gasteiger partial charge is 0.330 e. The summed E-state index contributed by atoms with van der Waals surface area (Å²) < 4.78 is 20.2. The zero-order valence-corrected chi connectivity index (χ0v) is 11.3. The molecule has 0 radical (unpaired) electrons. The minimum Gasteiger partial charge on any atom is -0.493 e. The SMILES string of the molecule is COCCOc1ccc(/C=C/C(=O)OC)cc1OC. The van der Waals surface area contributed by atoms with Crippen LogP contribution in [-0.4, -0.2) is 40.5 Å². The number of hydrogen-bond acceptors (Lipinski definition) is 5. The minimum absolute atomic E-state index is 0.403. The molecule has 0 saturated carbocycles. The second-order valence-corrected chi connectivity index (χ2v) is 3.61. The molecule has 0 fully saturated rings. The van der Waals surface area contributed by atoms with Crippen LogP contribution in [-0.2, 0) is 14.3 Å². The van der Waals surface area contributed by atoms with Gasteiger partial charge in [0.1, 0.15) is 6.61 Å². The Bertz CT molecular complexity index is 439. The third-order valence-corrected chi connectivity index (χ3v) is 2.35. The molecule has 5 heteroatoms. The standard InChI is InChI=1S/C14H18O5/c1-16-8-9-19-12-6-4-11(10-13(12)17-2)5-7-14(15)18-3/h4-7,10H,8-9H2,1-3H3/b7-5+. The number of hydrogen-bond donors (Lipinski definition) is 0. The Balaban J connectivity index is 2.77. The van der Waals surface area contributed by atoms with Gasteiger partial charge in [-0.2, -0.15) is 0 Å². The van der Waals surface area contributed by atoms with Gasteiger partial charge in [-0.15, -0.1) is 0 Å². The molecule has 1 rings (SSSR count). The summed E-state index contributed by atoms with van der Waals surface area (Å²) in [5.41, 5.74) is 0.821. The summed E-state index contributed by atoms with van der Waals surface area (Å²) >= 11 is 0. The molecule has 0 unspecified atom stereocenters. The fourth-order valence-electron chi connectivity index (χ4n) is 1.37. The Morgan fingerprint density at radius 2 is 1.95 bits per heavy atom. The summed E-state index contributed by atoms with van der Waals surface area (Å²) in [6.07, 6.45) is 2.99. The number of methoxy groups -OCH3 is 3. The average Bonchev–Trinajstić information content (AvgIpc) is 2.45. The van der Waals surface area contributed by atoms with Gasteiger partial charge in [-0.05, 0) is 23.8 Å². The third kappa shape index (κ3) is 5.01. The number of benzene rings is 1. The molecule has 0 aliphatic carbocycles. The van der Waals surface area contributed by atoms with E-state index in [1.165, 1.54) is 13.2 Å². The lowest BCUT2D eigenvalue weighted by Crippen LogP contribution is -2.05. The molecule has 1 aromatic carbocycles.